The third-order valence-corrected chi connectivity index (χ3v) is 5.30. The maximum Gasteiger partial charge on any atom is 0.193 e. The van der Waals surface area contributed by atoms with E-state index in [1.807, 2.05) is 19.9 Å². The third kappa shape index (κ3) is 2.92. The summed E-state index contributed by atoms with van der Waals surface area (Å²) < 4.78 is 3.97. The molecule has 0 aliphatic rings. The summed E-state index contributed by atoms with van der Waals surface area (Å²) >= 11 is 4.47. The fourth-order valence-corrected chi connectivity index (χ4v) is 3.78. The van der Waals surface area contributed by atoms with Crippen LogP contribution >= 0.6 is 12.6 Å². The van der Waals surface area contributed by atoms with Gasteiger partial charge < -0.3 is 14.8 Å². The van der Waals surface area contributed by atoms with E-state index in [2.05, 4.69) is 58.7 Å². The SMILES string of the molecule is CCn1ccc2cc(-n3c(S)nnc3-c3cc(C(C)C)c(O)cc3O)ccc21. The number of aromatic nitrogens is 4. The van der Waals surface area contributed by atoms with E-state index >= 15 is 0 Å². The molecule has 0 unspecified atom stereocenters. The molecule has 0 amide bonds. The van der Waals surface area contributed by atoms with Crippen molar-refractivity contribution in [2.45, 2.75) is 38.4 Å². The standard InChI is InChI=1S/C21H22N4O2S/c1-4-24-8-7-13-9-14(5-6-17(13)24)25-20(22-23-21(25)28)16-10-15(12(2)3)18(26)11-19(16)27/h5-12,26-27H,4H2,1-3H3,(H,23,28). The number of hydrogen-bond donors (Lipinski definition) is 3. The van der Waals surface area contributed by atoms with Crippen molar-refractivity contribution in [2.24, 2.45) is 0 Å². The minimum absolute atomic E-state index is 0.0536. The Kier molecular flexibility index (Phi) is 4.55. The van der Waals surface area contributed by atoms with Crippen molar-refractivity contribution in [3.8, 4) is 28.6 Å². The van der Waals surface area contributed by atoms with Gasteiger partial charge in [0, 0.05) is 29.7 Å². The molecule has 144 valence electrons. The monoisotopic (exact) mass is 394 g/mol. The Balaban J connectivity index is 1.91. The first-order valence-corrected chi connectivity index (χ1v) is 9.65. The van der Waals surface area contributed by atoms with Crippen molar-refractivity contribution >= 4 is 23.5 Å². The maximum atomic E-state index is 10.5. The highest BCUT2D eigenvalue weighted by Gasteiger charge is 2.20. The number of phenolic OH excluding ortho intramolecular Hbond substituents is 2. The van der Waals surface area contributed by atoms with E-state index in [0.29, 0.717) is 16.5 Å². The summed E-state index contributed by atoms with van der Waals surface area (Å²) in [6.07, 6.45) is 2.06. The van der Waals surface area contributed by atoms with Gasteiger partial charge in [-0.3, -0.25) is 4.57 Å². The van der Waals surface area contributed by atoms with Gasteiger partial charge in [-0.1, -0.05) is 13.8 Å². The highest BCUT2D eigenvalue weighted by atomic mass is 32.1. The molecule has 0 bridgehead atoms. The minimum Gasteiger partial charge on any atom is -0.508 e. The number of benzene rings is 2. The Morgan fingerprint density at radius 2 is 1.82 bits per heavy atom. The van der Waals surface area contributed by atoms with Gasteiger partial charge in [0.1, 0.15) is 11.5 Å². The van der Waals surface area contributed by atoms with Crippen LogP contribution in [0.5, 0.6) is 11.5 Å². The number of aromatic hydroxyl groups is 2. The smallest absolute Gasteiger partial charge is 0.193 e. The zero-order valence-electron chi connectivity index (χ0n) is 16.0. The predicted molar refractivity (Wildman–Crippen MR) is 113 cm³/mol. The van der Waals surface area contributed by atoms with Crippen molar-refractivity contribution in [2.75, 3.05) is 0 Å². The summed E-state index contributed by atoms with van der Waals surface area (Å²) in [5, 5.41) is 30.5. The van der Waals surface area contributed by atoms with E-state index in [4.69, 9.17) is 0 Å². The third-order valence-electron chi connectivity index (χ3n) is 5.01. The van der Waals surface area contributed by atoms with Crippen LogP contribution in [-0.2, 0) is 6.54 Å². The molecule has 0 spiro atoms. The molecule has 28 heavy (non-hydrogen) atoms. The Hall–Kier alpha value is -2.93. The molecule has 2 aromatic carbocycles. The van der Waals surface area contributed by atoms with E-state index in [9.17, 15) is 10.2 Å². The summed E-state index contributed by atoms with van der Waals surface area (Å²) in [4.78, 5) is 0. The minimum atomic E-state index is -0.0536. The van der Waals surface area contributed by atoms with Gasteiger partial charge in [0.15, 0.2) is 11.0 Å². The molecular weight excluding hydrogens is 372 g/mol. The topological polar surface area (TPSA) is 76.1 Å². The molecule has 7 heteroatoms. The number of rotatable bonds is 4. The summed E-state index contributed by atoms with van der Waals surface area (Å²) in [5.41, 5.74) is 3.24. The Morgan fingerprint density at radius 1 is 1.04 bits per heavy atom. The second-order valence-corrected chi connectivity index (χ2v) is 7.49. The van der Waals surface area contributed by atoms with Gasteiger partial charge in [-0.2, -0.15) is 0 Å². The lowest BCUT2D eigenvalue weighted by atomic mass is 9.98. The van der Waals surface area contributed by atoms with Crippen LogP contribution < -0.4 is 0 Å². The van der Waals surface area contributed by atoms with E-state index in [1.165, 1.54) is 6.07 Å². The summed E-state index contributed by atoms with van der Waals surface area (Å²) in [6, 6.07) is 11.3. The lowest BCUT2D eigenvalue weighted by molar-refractivity contribution is 0.444. The molecular formula is C21H22N4O2S. The van der Waals surface area contributed by atoms with Crippen LogP contribution in [0.4, 0.5) is 0 Å². The van der Waals surface area contributed by atoms with Crippen LogP contribution in [0.15, 0.2) is 47.8 Å². The molecule has 0 saturated heterocycles. The van der Waals surface area contributed by atoms with Crippen LogP contribution in [0.3, 0.4) is 0 Å². The first-order valence-electron chi connectivity index (χ1n) is 9.20. The summed E-state index contributed by atoms with van der Waals surface area (Å²) in [6.45, 7) is 6.98. The second kappa shape index (κ2) is 6.91. The van der Waals surface area contributed by atoms with Crippen molar-refractivity contribution in [1.29, 1.82) is 0 Å². The van der Waals surface area contributed by atoms with Gasteiger partial charge in [-0.25, -0.2) is 0 Å². The molecule has 0 aliphatic carbocycles. The van der Waals surface area contributed by atoms with E-state index in [0.717, 1.165) is 28.7 Å². The quantitative estimate of drug-likeness (QED) is 0.437. The van der Waals surface area contributed by atoms with Gasteiger partial charge in [0.05, 0.1) is 11.3 Å². The van der Waals surface area contributed by atoms with Crippen molar-refractivity contribution in [3.05, 3.63) is 48.2 Å². The normalized spacial score (nSPS) is 11.6. The molecule has 0 aliphatic heterocycles. The van der Waals surface area contributed by atoms with E-state index in [1.54, 1.807) is 10.6 Å². The second-order valence-electron chi connectivity index (χ2n) is 7.09. The van der Waals surface area contributed by atoms with Gasteiger partial charge in [-0.15, -0.1) is 22.8 Å². The van der Waals surface area contributed by atoms with Crippen molar-refractivity contribution < 1.29 is 10.2 Å². The van der Waals surface area contributed by atoms with Crippen LogP contribution in [0.25, 0.3) is 28.0 Å². The highest BCUT2D eigenvalue weighted by molar-refractivity contribution is 7.80. The summed E-state index contributed by atoms with van der Waals surface area (Å²) in [5.74, 6) is 0.577. The number of thiol groups is 1. The predicted octanol–water partition coefficient (Wildman–Crippen LogP) is 4.73. The Morgan fingerprint density at radius 3 is 2.54 bits per heavy atom. The molecule has 0 fully saturated rings. The maximum absolute atomic E-state index is 10.5. The first kappa shape index (κ1) is 18.4. The van der Waals surface area contributed by atoms with Crippen molar-refractivity contribution in [1.82, 2.24) is 19.3 Å². The van der Waals surface area contributed by atoms with Crippen LogP contribution in [0, 0.1) is 0 Å². The molecule has 4 aromatic rings. The molecule has 2 heterocycles. The van der Waals surface area contributed by atoms with E-state index < -0.39 is 0 Å². The highest BCUT2D eigenvalue weighted by Crippen LogP contribution is 2.38. The van der Waals surface area contributed by atoms with Crippen molar-refractivity contribution in [3.63, 3.8) is 0 Å². The largest absolute Gasteiger partial charge is 0.508 e. The average molecular weight is 395 g/mol. The zero-order valence-corrected chi connectivity index (χ0v) is 16.9. The van der Waals surface area contributed by atoms with Gasteiger partial charge in [-0.05, 0) is 48.7 Å². The van der Waals surface area contributed by atoms with Gasteiger partial charge in [0.25, 0.3) is 0 Å². The fourth-order valence-electron chi connectivity index (χ4n) is 3.53. The number of phenols is 2. The fraction of sp³-hybridized carbons (Fsp3) is 0.238. The Labute approximate surface area is 168 Å². The number of fused-ring (bicyclic) bond motifs is 1. The first-order chi connectivity index (χ1) is 13.4. The average Bonchev–Trinajstić information content (AvgIpc) is 3.24. The van der Waals surface area contributed by atoms with Crippen LogP contribution in [0.2, 0.25) is 0 Å². The number of nitrogens with zero attached hydrogens (tertiary/aromatic N) is 4. The lowest BCUT2D eigenvalue weighted by Crippen LogP contribution is -2.00. The summed E-state index contributed by atoms with van der Waals surface area (Å²) in [7, 11) is 0. The molecule has 0 saturated carbocycles. The molecule has 2 N–H and O–H groups in total. The van der Waals surface area contributed by atoms with Gasteiger partial charge in [0.2, 0.25) is 0 Å². The van der Waals surface area contributed by atoms with Crippen LogP contribution in [0.1, 0.15) is 32.3 Å². The molecule has 6 nitrogen and oxygen atoms in total. The lowest BCUT2D eigenvalue weighted by Gasteiger charge is -2.14. The zero-order chi connectivity index (χ0) is 20.0. The number of hydrogen-bond acceptors (Lipinski definition) is 5. The van der Waals surface area contributed by atoms with Crippen LogP contribution in [-0.4, -0.2) is 29.5 Å². The molecule has 0 atom stereocenters. The molecule has 4 rings (SSSR count). The Bertz CT molecular complexity index is 1180. The number of aryl methyl sites for hydroxylation is 1. The van der Waals surface area contributed by atoms with E-state index in [-0.39, 0.29) is 17.4 Å². The van der Waals surface area contributed by atoms with Gasteiger partial charge >= 0.3 is 0 Å². The molecule has 0 radical (unpaired) electrons. The molecule has 2 aromatic heterocycles.